The van der Waals surface area contributed by atoms with Gasteiger partial charge in [0.25, 0.3) is 0 Å². The van der Waals surface area contributed by atoms with Crippen LogP contribution in [0.15, 0.2) is 0 Å². The number of hydrogen-bond donors (Lipinski definition) is 0. The van der Waals surface area contributed by atoms with Gasteiger partial charge in [-0.3, -0.25) is 9.69 Å². The molecule has 0 saturated heterocycles. The van der Waals surface area contributed by atoms with E-state index in [0.29, 0.717) is 12.6 Å². The third-order valence-electron chi connectivity index (χ3n) is 2.25. The smallest absolute Gasteiger partial charge is 0.323 e. The molecule has 1 atom stereocenters. The summed E-state index contributed by atoms with van der Waals surface area (Å²) in [5, 5.41) is 0. The lowest BCUT2D eigenvalue weighted by atomic mass is 10.1. The standard InChI is InChI=1S/C10H21NO2/c1-6-9(10(12)13-7-2)11(5)8(3)4/h8-9H,6-7H2,1-5H3. The highest BCUT2D eigenvalue weighted by atomic mass is 16.5. The molecule has 0 bridgehead atoms. The molecule has 0 rings (SSSR count). The van der Waals surface area contributed by atoms with Gasteiger partial charge in [-0.15, -0.1) is 0 Å². The molecule has 78 valence electrons. The lowest BCUT2D eigenvalue weighted by Crippen LogP contribution is -2.43. The van der Waals surface area contributed by atoms with Gasteiger partial charge in [0.05, 0.1) is 6.61 Å². The quantitative estimate of drug-likeness (QED) is 0.613. The van der Waals surface area contributed by atoms with Crippen LogP contribution >= 0.6 is 0 Å². The number of likely N-dealkylation sites (N-methyl/N-ethyl adjacent to an activating group) is 1. The lowest BCUT2D eigenvalue weighted by molar-refractivity contribution is -0.149. The van der Waals surface area contributed by atoms with Gasteiger partial charge >= 0.3 is 5.97 Å². The lowest BCUT2D eigenvalue weighted by Gasteiger charge is -2.28. The molecular formula is C10H21NO2. The normalized spacial score (nSPS) is 13.5. The summed E-state index contributed by atoms with van der Waals surface area (Å²) in [6.07, 6.45) is 0.799. The summed E-state index contributed by atoms with van der Waals surface area (Å²) in [5.41, 5.74) is 0. The average Bonchev–Trinajstić information content (AvgIpc) is 2.05. The van der Waals surface area contributed by atoms with Gasteiger partial charge in [0, 0.05) is 6.04 Å². The van der Waals surface area contributed by atoms with Crippen LogP contribution in [0.2, 0.25) is 0 Å². The Morgan fingerprint density at radius 3 is 2.23 bits per heavy atom. The van der Waals surface area contributed by atoms with Gasteiger partial charge in [-0.05, 0) is 34.2 Å². The minimum atomic E-state index is -0.110. The average molecular weight is 187 g/mol. The second-order valence-electron chi connectivity index (χ2n) is 3.44. The highest BCUT2D eigenvalue weighted by Crippen LogP contribution is 2.07. The highest BCUT2D eigenvalue weighted by Gasteiger charge is 2.23. The van der Waals surface area contributed by atoms with E-state index < -0.39 is 0 Å². The minimum Gasteiger partial charge on any atom is -0.465 e. The van der Waals surface area contributed by atoms with Crippen molar-refractivity contribution in [2.45, 2.75) is 46.2 Å². The monoisotopic (exact) mass is 187 g/mol. The number of hydrogen-bond acceptors (Lipinski definition) is 3. The summed E-state index contributed by atoms with van der Waals surface area (Å²) < 4.78 is 4.99. The number of carbonyl (C=O) groups excluding carboxylic acids is 1. The molecule has 0 saturated carbocycles. The van der Waals surface area contributed by atoms with Crippen molar-refractivity contribution >= 4 is 5.97 Å². The third-order valence-corrected chi connectivity index (χ3v) is 2.25. The summed E-state index contributed by atoms with van der Waals surface area (Å²) >= 11 is 0. The SMILES string of the molecule is CCOC(=O)C(CC)N(C)C(C)C. The molecule has 0 heterocycles. The summed E-state index contributed by atoms with van der Waals surface area (Å²) in [7, 11) is 1.95. The van der Waals surface area contributed by atoms with Crippen molar-refractivity contribution in [1.29, 1.82) is 0 Å². The third kappa shape index (κ3) is 3.77. The second-order valence-corrected chi connectivity index (χ2v) is 3.44. The first kappa shape index (κ1) is 12.4. The van der Waals surface area contributed by atoms with Gasteiger partial charge in [0.15, 0.2) is 0 Å². The van der Waals surface area contributed by atoms with Gasteiger partial charge in [-0.25, -0.2) is 0 Å². The predicted molar refractivity (Wildman–Crippen MR) is 53.6 cm³/mol. The fourth-order valence-corrected chi connectivity index (χ4v) is 1.22. The maximum absolute atomic E-state index is 11.5. The summed E-state index contributed by atoms with van der Waals surface area (Å²) in [6, 6.07) is 0.273. The Balaban J connectivity index is 4.23. The molecule has 0 aromatic heterocycles. The van der Waals surface area contributed by atoms with Crippen LogP contribution in [0.3, 0.4) is 0 Å². The number of nitrogens with zero attached hydrogens (tertiary/aromatic N) is 1. The summed E-state index contributed by atoms with van der Waals surface area (Å²) in [4.78, 5) is 13.5. The van der Waals surface area contributed by atoms with Gasteiger partial charge < -0.3 is 4.74 Å². The van der Waals surface area contributed by atoms with E-state index in [-0.39, 0.29) is 12.0 Å². The topological polar surface area (TPSA) is 29.5 Å². The number of rotatable bonds is 5. The maximum Gasteiger partial charge on any atom is 0.323 e. The van der Waals surface area contributed by atoms with Crippen LogP contribution in [0.4, 0.5) is 0 Å². The molecule has 0 aliphatic carbocycles. The van der Waals surface area contributed by atoms with E-state index in [2.05, 4.69) is 13.8 Å². The zero-order valence-corrected chi connectivity index (χ0v) is 9.33. The molecule has 0 radical (unpaired) electrons. The molecule has 1 unspecified atom stereocenters. The molecule has 3 nitrogen and oxygen atoms in total. The first-order chi connectivity index (χ1) is 6.04. The van der Waals surface area contributed by atoms with Crippen molar-refractivity contribution < 1.29 is 9.53 Å². The van der Waals surface area contributed by atoms with Crippen LogP contribution in [0.5, 0.6) is 0 Å². The van der Waals surface area contributed by atoms with Gasteiger partial charge in [-0.2, -0.15) is 0 Å². The molecular weight excluding hydrogens is 166 g/mol. The summed E-state index contributed by atoms with van der Waals surface area (Å²) in [5.74, 6) is -0.110. The van der Waals surface area contributed by atoms with Crippen LogP contribution in [0.1, 0.15) is 34.1 Å². The largest absolute Gasteiger partial charge is 0.465 e. The van der Waals surface area contributed by atoms with E-state index in [1.807, 2.05) is 25.8 Å². The van der Waals surface area contributed by atoms with Crippen LogP contribution in [-0.2, 0) is 9.53 Å². The molecule has 3 heteroatoms. The minimum absolute atomic E-state index is 0.0973. The Bertz CT molecular complexity index is 157. The van der Waals surface area contributed by atoms with Crippen molar-refractivity contribution in [1.82, 2.24) is 4.90 Å². The van der Waals surface area contributed by atoms with Gasteiger partial charge in [0.1, 0.15) is 6.04 Å². The Morgan fingerprint density at radius 1 is 1.38 bits per heavy atom. The van der Waals surface area contributed by atoms with Gasteiger partial charge in [0.2, 0.25) is 0 Å². The molecule has 0 aromatic carbocycles. The van der Waals surface area contributed by atoms with Crippen LogP contribution in [-0.4, -0.2) is 36.6 Å². The van der Waals surface area contributed by atoms with Crippen LogP contribution in [0, 0.1) is 0 Å². The van der Waals surface area contributed by atoms with E-state index in [4.69, 9.17) is 4.74 Å². The number of carbonyl (C=O) groups is 1. The molecule has 0 fully saturated rings. The number of ether oxygens (including phenoxy) is 1. The Hall–Kier alpha value is -0.570. The molecule has 0 N–H and O–H groups in total. The zero-order valence-electron chi connectivity index (χ0n) is 9.33. The van der Waals surface area contributed by atoms with E-state index in [1.165, 1.54) is 0 Å². The number of esters is 1. The Labute approximate surface area is 81.1 Å². The highest BCUT2D eigenvalue weighted by molar-refractivity contribution is 5.75. The first-order valence-electron chi connectivity index (χ1n) is 4.93. The second kappa shape index (κ2) is 5.97. The maximum atomic E-state index is 11.5. The molecule has 0 aliphatic rings. The van der Waals surface area contributed by atoms with E-state index >= 15 is 0 Å². The molecule has 0 spiro atoms. The van der Waals surface area contributed by atoms with E-state index in [0.717, 1.165) is 6.42 Å². The molecule has 0 aromatic rings. The van der Waals surface area contributed by atoms with Gasteiger partial charge in [-0.1, -0.05) is 6.92 Å². The van der Waals surface area contributed by atoms with Crippen molar-refractivity contribution in [2.75, 3.05) is 13.7 Å². The fourth-order valence-electron chi connectivity index (χ4n) is 1.22. The van der Waals surface area contributed by atoms with E-state index in [1.54, 1.807) is 0 Å². The van der Waals surface area contributed by atoms with Crippen LogP contribution < -0.4 is 0 Å². The van der Waals surface area contributed by atoms with E-state index in [9.17, 15) is 4.79 Å². The van der Waals surface area contributed by atoms with Crippen molar-refractivity contribution in [2.24, 2.45) is 0 Å². The molecule has 0 amide bonds. The Morgan fingerprint density at radius 2 is 1.92 bits per heavy atom. The zero-order chi connectivity index (χ0) is 10.4. The fraction of sp³-hybridized carbons (Fsp3) is 0.900. The first-order valence-corrected chi connectivity index (χ1v) is 4.93. The van der Waals surface area contributed by atoms with Crippen molar-refractivity contribution in [3.63, 3.8) is 0 Å². The predicted octanol–water partition coefficient (Wildman–Crippen LogP) is 1.67. The van der Waals surface area contributed by atoms with Crippen molar-refractivity contribution in [3.05, 3.63) is 0 Å². The summed E-state index contributed by atoms with van der Waals surface area (Å²) in [6.45, 7) is 8.44. The Kier molecular flexibility index (Phi) is 5.71. The van der Waals surface area contributed by atoms with Crippen molar-refractivity contribution in [3.8, 4) is 0 Å². The van der Waals surface area contributed by atoms with Crippen LogP contribution in [0.25, 0.3) is 0 Å². The molecule has 13 heavy (non-hydrogen) atoms. The molecule has 0 aliphatic heterocycles.